The average Bonchev–Trinajstić information content (AvgIpc) is 2.61. The number of hydrogen-bond acceptors (Lipinski definition) is 2. The number of rotatable bonds is 0. The second kappa shape index (κ2) is 4.93. The third-order valence-corrected chi connectivity index (χ3v) is 2.92. The van der Waals surface area contributed by atoms with Crippen molar-refractivity contribution in [3.05, 3.63) is 24.0 Å². The number of halogens is 2. The maximum Gasteiger partial charge on any atom is 0.0955 e. The Morgan fingerprint density at radius 2 is 2.12 bits per heavy atom. The van der Waals surface area contributed by atoms with Gasteiger partial charge in [-0.2, -0.15) is 0 Å². The number of aryl methyl sites for hydroxylation is 2. The number of hydrogen-bond donors (Lipinski definition) is 1. The summed E-state index contributed by atoms with van der Waals surface area (Å²) in [6.45, 7) is 1.09. The molecule has 1 aromatic heterocycles. The van der Waals surface area contributed by atoms with Crippen molar-refractivity contribution in [2.24, 2.45) is 7.05 Å². The molecule has 0 fully saturated rings. The summed E-state index contributed by atoms with van der Waals surface area (Å²) in [6, 6.07) is 4.30. The lowest BCUT2D eigenvalue weighted by Gasteiger charge is -2.17. The van der Waals surface area contributed by atoms with E-state index >= 15 is 0 Å². The Balaban J connectivity index is 0.000000640. The molecule has 0 spiro atoms. The predicted molar refractivity (Wildman–Crippen MR) is 72.0 cm³/mol. The number of nitrogens with one attached hydrogen (secondary N) is 1. The summed E-state index contributed by atoms with van der Waals surface area (Å²) in [6.07, 6.45) is 4.25. The van der Waals surface area contributed by atoms with Crippen molar-refractivity contribution in [1.82, 2.24) is 9.55 Å². The lowest BCUT2D eigenvalue weighted by atomic mass is 10.0. The van der Waals surface area contributed by atoms with Gasteiger partial charge in [-0.05, 0) is 25.0 Å². The fraction of sp³-hybridized carbons (Fsp3) is 0.364. The van der Waals surface area contributed by atoms with E-state index in [9.17, 15) is 0 Å². The van der Waals surface area contributed by atoms with E-state index in [-0.39, 0.29) is 24.8 Å². The summed E-state index contributed by atoms with van der Waals surface area (Å²) < 4.78 is 2.07. The van der Waals surface area contributed by atoms with Gasteiger partial charge in [0.2, 0.25) is 0 Å². The second-order valence-corrected chi connectivity index (χ2v) is 3.85. The normalized spacial score (nSPS) is 13.3. The van der Waals surface area contributed by atoms with Gasteiger partial charge in [0.1, 0.15) is 0 Å². The van der Waals surface area contributed by atoms with E-state index in [1.807, 2.05) is 13.4 Å². The maximum atomic E-state index is 4.45. The van der Waals surface area contributed by atoms with Crippen molar-refractivity contribution in [3.63, 3.8) is 0 Å². The summed E-state index contributed by atoms with van der Waals surface area (Å²) in [5.74, 6) is 0. The molecule has 0 saturated heterocycles. The van der Waals surface area contributed by atoms with Crippen LogP contribution in [0.15, 0.2) is 18.5 Å². The van der Waals surface area contributed by atoms with Crippen LogP contribution in [-0.2, 0) is 13.5 Å². The number of nitrogens with zero attached hydrogens (tertiary/aromatic N) is 2. The molecule has 0 saturated carbocycles. The van der Waals surface area contributed by atoms with Crippen molar-refractivity contribution < 1.29 is 0 Å². The van der Waals surface area contributed by atoms with Crippen molar-refractivity contribution in [3.8, 4) is 0 Å². The number of fused-ring (bicyclic) bond motifs is 3. The molecule has 0 atom stereocenters. The zero-order valence-corrected chi connectivity index (χ0v) is 10.7. The zero-order chi connectivity index (χ0) is 9.54. The standard InChI is InChI=1S/C11H13N3.2ClH/c1-14-7-13-11-8-3-2-6-12-9(8)4-5-10(11)14;;/h4-5,7,12H,2-3,6H2,1H3;2*1H. The third-order valence-electron chi connectivity index (χ3n) is 2.92. The van der Waals surface area contributed by atoms with Gasteiger partial charge in [0.25, 0.3) is 0 Å². The summed E-state index contributed by atoms with van der Waals surface area (Å²) >= 11 is 0. The van der Waals surface area contributed by atoms with E-state index in [1.54, 1.807) is 0 Å². The van der Waals surface area contributed by atoms with E-state index in [2.05, 4.69) is 27.0 Å². The Morgan fingerprint density at radius 3 is 2.94 bits per heavy atom. The summed E-state index contributed by atoms with van der Waals surface area (Å²) in [4.78, 5) is 4.45. The molecular formula is C11H15Cl2N3. The molecule has 0 unspecified atom stereocenters. The Labute approximate surface area is 107 Å². The van der Waals surface area contributed by atoms with Crippen LogP contribution < -0.4 is 5.32 Å². The first-order chi connectivity index (χ1) is 6.86. The number of benzene rings is 1. The molecular weight excluding hydrogens is 245 g/mol. The van der Waals surface area contributed by atoms with E-state index in [0.29, 0.717) is 0 Å². The molecule has 1 aliphatic rings. The van der Waals surface area contributed by atoms with Crippen LogP contribution in [0.4, 0.5) is 5.69 Å². The van der Waals surface area contributed by atoms with E-state index in [0.717, 1.165) is 18.5 Å². The van der Waals surface area contributed by atoms with Crippen molar-refractivity contribution in [1.29, 1.82) is 0 Å². The molecule has 5 heteroatoms. The molecule has 1 aliphatic heterocycles. The van der Waals surface area contributed by atoms with Gasteiger partial charge in [-0.15, -0.1) is 24.8 Å². The van der Waals surface area contributed by atoms with E-state index in [4.69, 9.17) is 0 Å². The van der Waals surface area contributed by atoms with Crippen LogP contribution in [0.2, 0.25) is 0 Å². The van der Waals surface area contributed by atoms with Gasteiger partial charge in [-0.3, -0.25) is 0 Å². The summed E-state index contributed by atoms with van der Waals surface area (Å²) in [7, 11) is 2.04. The molecule has 0 amide bonds. The van der Waals surface area contributed by atoms with Crippen molar-refractivity contribution in [2.75, 3.05) is 11.9 Å². The average molecular weight is 260 g/mol. The van der Waals surface area contributed by atoms with Gasteiger partial charge < -0.3 is 9.88 Å². The van der Waals surface area contributed by atoms with Crippen LogP contribution in [0.3, 0.4) is 0 Å². The highest BCUT2D eigenvalue weighted by Gasteiger charge is 2.13. The summed E-state index contributed by atoms with van der Waals surface area (Å²) in [5.41, 5.74) is 5.04. The number of imidazole rings is 1. The first-order valence-electron chi connectivity index (χ1n) is 5.03. The van der Waals surface area contributed by atoms with Crippen LogP contribution in [0.1, 0.15) is 12.0 Å². The van der Waals surface area contributed by atoms with Gasteiger partial charge in [-0.25, -0.2) is 4.98 Å². The molecule has 0 aliphatic carbocycles. The molecule has 0 radical (unpaired) electrons. The lowest BCUT2D eigenvalue weighted by molar-refractivity contribution is 0.835. The van der Waals surface area contributed by atoms with E-state index in [1.165, 1.54) is 23.2 Å². The molecule has 0 bridgehead atoms. The number of aromatic nitrogens is 2. The van der Waals surface area contributed by atoms with Crippen LogP contribution in [0.5, 0.6) is 0 Å². The molecule has 3 nitrogen and oxygen atoms in total. The minimum absolute atomic E-state index is 0. The molecule has 16 heavy (non-hydrogen) atoms. The zero-order valence-electron chi connectivity index (χ0n) is 9.06. The highest BCUT2D eigenvalue weighted by Crippen LogP contribution is 2.28. The maximum absolute atomic E-state index is 4.45. The van der Waals surface area contributed by atoms with Gasteiger partial charge in [0.05, 0.1) is 17.4 Å². The second-order valence-electron chi connectivity index (χ2n) is 3.85. The van der Waals surface area contributed by atoms with Gasteiger partial charge >= 0.3 is 0 Å². The first-order valence-corrected chi connectivity index (χ1v) is 5.03. The highest BCUT2D eigenvalue weighted by molar-refractivity contribution is 5.86. The first kappa shape index (κ1) is 13.1. The predicted octanol–water partition coefficient (Wildman–Crippen LogP) is 2.78. The molecule has 1 N–H and O–H groups in total. The summed E-state index contributed by atoms with van der Waals surface area (Å²) in [5, 5.41) is 3.41. The monoisotopic (exact) mass is 259 g/mol. The Morgan fingerprint density at radius 1 is 1.31 bits per heavy atom. The van der Waals surface area contributed by atoms with Crippen LogP contribution >= 0.6 is 24.8 Å². The van der Waals surface area contributed by atoms with Gasteiger partial charge in [-0.1, -0.05) is 0 Å². The quantitative estimate of drug-likeness (QED) is 0.789. The highest BCUT2D eigenvalue weighted by atomic mass is 35.5. The Bertz CT molecular complexity index is 493. The Hall–Kier alpha value is -0.930. The molecule has 1 aromatic carbocycles. The van der Waals surface area contributed by atoms with E-state index < -0.39 is 0 Å². The van der Waals surface area contributed by atoms with Crippen LogP contribution in [0, 0.1) is 0 Å². The molecule has 2 heterocycles. The molecule has 3 rings (SSSR count). The minimum atomic E-state index is 0. The van der Waals surface area contributed by atoms with Crippen LogP contribution in [-0.4, -0.2) is 16.1 Å². The SMILES string of the molecule is Cl.Cl.Cn1cnc2c3c(ccc21)NCCC3. The largest absolute Gasteiger partial charge is 0.385 e. The van der Waals surface area contributed by atoms with Gasteiger partial charge in [0.15, 0.2) is 0 Å². The number of anilines is 1. The van der Waals surface area contributed by atoms with Gasteiger partial charge in [0, 0.05) is 24.8 Å². The smallest absolute Gasteiger partial charge is 0.0955 e. The minimum Gasteiger partial charge on any atom is -0.385 e. The fourth-order valence-corrected chi connectivity index (χ4v) is 2.17. The Kier molecular flexibility index (Phi) is 4.05. The van der Waals surface area contributed by atoms with Crippen molar-refractivity contribution >= 4 is 41.5 Å². The van der Waals surface area contributed by atoms with Crippen LogP contribution in [0.25, 0.3) is 11.0 Å². The molecule has 88 valence electrons. The van der Waals surface area contributed by atoms with Crippen molar-refractivity contribution in [2.45, 2.75) is 12.8 Å². The topological polar surface area (TPSA) is 29.9 Å². The third kappa shape index (κ3) is 1.85. The molecule has 2 aromatic rings. The fourth-order valence-electron chi connectivity index (χ4n) is 2.17. The lowest BCUT2D eigenvalue weighted by Crippen LogP contribution is -2.11.